The highest BCUT2D eigenvalue weighted by atomic mass is 32.1. The van der Waals surface area contributed by atoms with Gasteiger partial charge < -0.3 is 5.32 Å². The minimum atomic E-state index is -0.276. The first-order chi connectivity index (χ1) is 12.7. The van der Waals surface area contributed by atoms with Crippen LogP contribution in [0.25, 0.3) is 10.2 Å². The van der Waals surface area contributed by atoms with Crippen LogP contribution in [-0.4, -0.2) is 9.55 Å². The van der Waals surface area contributed by atoms with Gasteiger partial charge in [0.1, 0.15) is 10.6 Å². The number of benzene rings is 1. The molecule has 3 aromatic rings. The molecule has 6 heteroatoms. The van der Waals surface area contributed by atoms with E-state index in [4.69, 9.17) is 4.98 Å². The van der Waals surface area contributed by atoms with Gasteiger partial charge in [-0.1, -0.05) is 18.2 Å². The second-order valence-corrected chi connectivity index (χ2v) is 7.60. The van der Waals surface area contributed by atoms with Crippen molar-refractivity contribution in [2.75, 3.05) is 5.32 Å². The van der Waals surface area contributed by atoms with E-state index in [9.17, 15) is 9.18 Å². The number of anilines is 1. The van der Waals surface area contributed by atoms with Crippen molar-refractivity contribution in [2.24, 2.45) is 0 Å². The van der Waals surface area contributed by atoms with Gasteiger partial charge in [-0.3, -0.25) is 9.36 Å². The number of fused-ring (bicyclic) bond motifs is 3. The average molecular weight is 369 g/mol. The first-order valence-electron chi connectivity index (χ1n) is 8.81. The molecular formula is C20H20FN3OS. The lowest BCUT2D eigenvalue weighted by molar-refractivity contribution is 0.625. The Balaban J connectivity index is 1.76. The molecule has 0 amide bonds. The summed E-state index contributed by atoms with van der Waals surface area (Å²) in [5, 5.41) is 3.97. The molecular weight excluding hydrogens is 349 g/mol. The first-order valence-corrected chi connectivity index (χ1v) is 9.63. The molecule has 0 aliphatic heterocycles. The van der Waals surface area contributed by atoms with Gasteiger partial charge in [-0.15, -0.1) is 17.9 Å². The Labute approximate surface area is 155 Å². The molecule has 0 radical (unpaired) electrons. The predicted octanol–water partition coefficient (Wildman–Crippen LogP) is 4.27. The number of nitrogens with one attached hydrogen (secondary N) is 1. The highest BCUT2D eigenvalue weighted by molar-refractivity contribution is 7.18. The number of rotatable bonds is 5. The fourth-order valence-electron chi connectivity index (χ4n) is 3.50. The van der Waals surface area contributed by atoms with Crippen LogP contribution in [0.5, 0.6) is 0 Å². The number of allylic oxidation sites excluding steroid dienone is 1. The number of aromatic nitrogens is 2. The van der Waals surface area contributed by atoms with Crippen molar-refractivity contribution in [1.29, 1.82) is 0 Å². The van der Waals surface area contributed by atoms with Crippen molar-refractivity contribution in [3.63, 3.8) is 0 Å². The maximum Gasteiger partial charge on any atom is 0.264 e. The zero-order valence-electron chi connectivity index (χ0n) is 14.4. The molecule has 4 rings (SSSR count). The van der Waals surface area contributed by atoms with Crippen molar-refractivity contribution in [3.05, 3.63) is 69.1 Å². The van der Waals surface area contributed by atoms with Crippen molar-refractivity contribution >= 4 is 27.5 Å². The van der Waals surface area contributed by atoms with Gasteiger partial charge in [-0.25, -0.2) is 9.37 Å². The third-order valence-corrected chi connectivity index (χ3v) is 5.91. The maximum atomic E-state index is 13.4. The van der Waals surface area contributed by atoms with Gasteiger partial charge in [0.05, 0.1) is 5.39 Å². The van der Waals surface area contributed by atoms with E-state index in [0.717, 1.165) is 35.0 Å². The molecule has 2 aromatic heterocycles. The summed E-state index contributed by atoms with van der Waals surface area (Å²) in [6, 6.07) is 6.41. The van der Waals surface area contributed by atoms with Gasteiger partial charge >= 0.3 is 0 Å². The van der Waals surface area contributed by atoms with E-state index in [0.29, 0.717) is 19.0 Å². The summed E-state index contributed by atoms with van der Waals surface area (Å²) in [4.78, 5) is 19.9. The summed E-state index contributed by atoms with van der Waals surface area (Å²) in [7, 11) is 0. The minimum Gasteiger partial charge on any atom is -0.351 e. The summed E-state index contributed by atoms with van der Waals surface area (Å²) in [5.41, 5.74) is 1.97. The molecule has 0 unspecified atom stereocenters. The molecule has 1 aliphatic rings. The predicted molar refractivity (Wildman–Crippen MR) is 104 cm³/mol. The zero-order chi connectivity index (χ0) is 18.1. The fraction of sp³-hybridized carbons (Fsp3) is 0.300. The quantitative estimate of drug-likeness (QED) is 0.683. The lowest BCUT2D eigenvalue weighted by atomic mass is 9.97. The van der Waals surface area contributed by atoms with Gasteiger partial charge in [0, 0.05) is 18.0 Å². The molecule has 2 heterocycles. The van der Waals surface area contributed by atoms with Crippen LogP contribution in [0.15, 0.2) is 41.7 Å². The third-order valence-electron chi connectivity index (χ3n) is 4.73. The van der Waals surface area contributed by atoms with E-state index in [-0.39, 0.29) is 11.4 Å². The maximum absolute atomic E-state index is 13.4. The Hall–Kier alpha value is -2.47. The minimum absolute atomic E-state index is 0.0176. The van der Waals surface area contributed by atoms with Crippen LogP contribution in [0.4, 0.5) is 10.3 Å². The molecule has 134 valence electrons. The van der Waals surface area contributed by atoms with Gasteiger partial charge in [-0.2, -0.15) is 0 Å². The van der Waals surface area contributed by atoms with Crippen molar-refractivity contribution < 1.29 is 4.39 Å². The van der Waals surface area contributed by atoms with Crippen LogP contribution in [0, 0.1) is 5.82 Å². The summed E-state index contributed by atoms with van der Waals surface area (Å²) in [6.45, 7) is 4.55. The van der Waals surface area contributed by atoms with Crippen LogP contribution in [0.2, 0.25) is 0 Å². The SMILES string of the molecule is C=CCn1c(NCc2cccc(F)c2)nc2sc3c(c2c1=O)CCCC3. The highest BCUT2D eigenvalue weighted by Gasteiger charge is 2.21. The normalized spacial score (nSPS) is 13.6. The zero-order valence-corrected chi connectivity index (χ0v) is 15.2. The summed E-state index contributed by atoms with van der Waals surface area (Å²) in [5.74, 6) is 0.229. The van der Waals surface area contributed by atoms with E-state index in [1.807, 2.05) is 6.07 Å². The molecule has 0 bridgehead atoms. The first kappa shape index (κ1) is 17.0. The number of hydrogen-bond acceptors (Lipinski definition) is 4. The van der Waals surface area contributed by atoms with Crippen molar-refractivity contribution in [1.82, 2.24) is 9.55 Å². The Morgan fingerprint density at radius 1 is 1.35 bits per heavy atom. The van der Waals surface area contributed by atoms with E-state index in [2.05, 4.69) is 11.9 Å². The van der Waals surface area contributed by atoms with E-state index < -0.39 is 0 Å². The standard InChI is InChI=1S/C20H20FN3OS/c1-2-10-24-19(25)17-15-8-3-4-9-16(15)26-18(17)23-20(24)22-12-13-6-5-7-14(21)11-13/h2,5-7,11H,1,3-4,8-10,12H2,(H,22,23). The summed E-state index contributed by atoms with van der Waals surface area (Å²) in [6.07, 6.45) is 5.98. The topological polar surface area (TPSA) is 46.9 Å². The average Bonchev–Trinajstić information content (AvgIpc) is 3.01. The Bertz CT molecular complexity index is 1040. The monoisotopic (exact) mass is 369 g/mol. The highest BCUT2D eigenvalue weighted by Crippen LogP contribution is 2.34. The second-order valence-electron chi connectivity index (χ2n) is 6.51. The number of thiophene rings is 1. The molecule has 0 spiro atoms. The largest absolute Gasteiger partial charge is 0.351 e. The fourth-order valence-corrected chi connectivity index (χ4v) is 4.75. The third kappa shape index (κ3) is 3.05. The molecule has 0 fully saturated rings. The van der Waals surface area contributed by atoms with E-state index in [1.165, 1.54) is 29.0 Å². The number of halogens is 1. The van der Waals surface area contributed by atoms with Crippen molar-refractivity contribution in [3.8, 4) is 0 Å². The Morgan fingerprint density at radius 3 is 3.00 bits per heavy atom. The molecule has 0 saturated heterocycles. The lowest BCUT2D eigenvalue weighted by Crippen LogP contribution is -2.25. The van der Waals surface area contributed by atoms with Gasteiger partial charge in [0.15, 0.2) is 0 Å². The Morgan fingerprint density at radius 2 is 2.19 bits per heavy atom. The van der Waals surface area contributed by atoms with Crippen molar-refractivity contribution in [2.45, 2.75) is 38.8 Å². The molecule has 0 atom stereocenters. The molecule has 1 aliphatic carbocycles. The number of aryl methyl sites for hydroxylation is 2. The number of nitrogens with zero attached hydrogens (tertiary/aromatic N) is 2. The van der Waals surface area contributed by atoms with Gasteiger partial charge in [0.2, 0.25) is 5.95 Å². The Kier molecular flexibility index (Phi) is 4.59. The smallest absolute Gasteiger partial charge is 0.264 e. The summed E-state index contributed by atoms with van der Waals surface area (Å²) < 4.78 is 15.0. The molecule has 0 saturated carbocycles. The van der Waals surface area contributed by atoms with Crippen LogP contribution >= 0.6 is 11.3 Å². The molecule has 1 N–H and O–H groups in total. The van der Waals surface area contributed by atoms with Gasteiger partial charge in [0.25, 0.3) is 5.56 Å². The van der Waals surface area contributed by atoms with Crippen LogP contribution < -0.4 is 10.9 Å². The summed E-state index contributed by atoms with van der Waals surface area (Å²) >= 11 is 1.63. The van der Waals surface area contributed by atoms with Crippen LogP contribution in [0.3, 0.4) is 0 Å². The van der Waals surface area contributed by atoms with Crippen LogP contribution in [-0.2, 0) is 25.9 Å². The van der Waals surface area contributed by atoms with E-state index in [1.54, 1.807) is 28.0 Å². The van der Waals surface area contributed by atoms with Crippen LogP contribution in [0.1, 0.15) is 28.8 Å². The second kappa shape index (κ2) is 7.03. The van der Waals surface area contributed by atoms with Gasteiger partial charge in [-0.05, 0) is 48.9 Å². The molecule has 4 nitrogen and oxygen atoms in total. The van der Waals surface area contributed by atoms with E-state index >= 15 is 0 Å². The lowest BCUT2D eigenvalue weighted by Gasteiger charge is -2.14. The number of hydrogen-bond donors (Lipinski definition) is 1. The molecule has 1 aromatic carbocycles. The molecule has 26 heavy (non-hydrogen) atoms.